The summed E-state index contributed by atoms with van der Waals surface area (Å²) < 4.78 is 0. The van der Waals surface area contributed by atoms with Crippen LogP contribution in [-0.2, 0) is 10.2 Å². The molecule has 3 nitrogen and oxygen atoms in total. The molecule has 0 aliphatic carbocycles. The van der Waals surface area contributed by atoms with Crippen molar-refractivity contribution in [3.8, 4) is 0 Å². The molecule has 0 bridgehead atoms. The Labute approximate surface area is 157 Å². The molecule has 1 saturated heterocycles. The fourth-order valence-electron chi connectivity index (χ4n) is 3.32. The van der Waals surface area contributed by atoms with E-state index in [4.69, 9.17) is 11.6 Å². The quantitative estimate of drug-likeness (QED) is 0.785. The van der Waals surface area contributed by atoms with Crippen molar-refractivity contribution in [3.05, 3.63) is 34.9 Å². The number of piperidine rings is 1. The largest absolute Gasteiger partial charge is 0.355 e. The summed E-state index contributed by atoms with van der Waals surface area (Å²) >= 11 is 6.29. The molecule has 2 N–H and O–H groups in total. The van der Waals surface area contributed by atoms with E-state index >= 15 is 0 Å². The third-order valence-electron chi connectivity index (χ3n) is 4.98. The Morgan fingerprint density at radius 1 is 1.42 bits per heavy atom. The number of rotatable bonds is 6. The van der Waals surface area contributed by atoms with Gasteiger partial charge in [-0.25, -0.2) is 0 Å². The predicted molar refractivity (Wildman–Crippen MR) is 104 cm³/mol. The SMILES string of the molecule is CC(CC(=O)NCC(C)(C)c1ccccc1Cl)C1CCCNC1.Cl. The zero-order valence-corrected chi connectivity index (χ0v) is 16.5. The van der Waals surface area contributed by atoms with E-state index in [9.17, 15) is 4.79 Å². The monoisotopic (exact) mass is 372 g/mol. The Bertz CT molecular complexity index is 528. The molecule has 0 aromatic heterocycles. The normalized spacial score (nSPS) is 19.2. The second-order valence-corrected chi connectivity index (χ2v) is 7.84. The van der Waals surface area contributed by atoms with Gasteiger partial charge in [-0.2, -0.15) is 0 Å². The molecule has 24 heavy (non-hydrogen) atoms. The van der Waals surface area contributed by atoms with Gasteiger partial charge in [-0.15, -0.1) is 12.4 Å². The van der Waals surface area contributed by atoms with Crippen molar-refractivity contribution in [2.75, 3.05) is 19.6 Å². The van der Waals surface area contributed by atoms with E-state index in [2.05, 4.69) is 31.4 Å². The molecule has 136 valence electrons. The van der Waals surface area contributed by atoms with Crippen LogP contribution in [0.4, 0.5) is 0 Å². The highest BCUT2D eigenvalue weighted by Crippen LogP contribution is 2.29. The van der Waals surface area contributed by atoms with E-state index < -0.39 is 0 Å². The summed E-state index contributed by atoms with van der Waals surface area (Å²) in [6.45, 7) is 9.18. The average molecular weight is 373 g/mol. The van der Waals surface area contributed by atoms with Gasteiger partial charge in [-0.3, -0.25) is 4.79 Å². The fraction of sp³-hybridized carbons (Fsp3) is 0.632. The van der Waals surface area contributed by atoms with Crippen LogP contribution in [0.3, 0.4) is 0 Å². The van der Waals surface area contributed by atoms with Gasteiger partial charge >= 0.3 is 0 Å². The zero-order valence-electron chi connectivity index (χ0n) is 14.9. The number of hydrogen-bond acceptors (Lipinski definition) is 2. The van der Waals surface area contributed by atoms with E-state index in [-0.39, 0.29) is 23.7 Å². The highest BCUT2D eigenvalue weighted by Gasteiger charge is 2.25. The molecule has 1 aromatic rings. The van der Waals surface area contributed by atoms with Gasteiger partial charge in [0.15, 0.2) is 0 Å². The first-order valence-electron chi connectivity index (χ1n) is 8.62. The minimum absolute atomic E-state index is 0. The third-order valence-corrected chi connectivity index (χ3v) is 5.31. The summed E-state index contributed by atoms with van der Waals surface area (Å²) in [5.74, 6) is 1.18. The van der Waals surface area contributed by atoms with Crippen LogP contribution in [0.15, 0.2) is 24.3 Å². The second-order valence-electron chi connectivity index (χ2n) is 7.43. The highest BCUT2D eigenvalue weighted by atomic mass is 35.5. The number of benzene rings is 1. The van der Waals surface area contributed by atoms with Crippen molar-refractivity contribution in [2.45, 2.75) is 45.4 Å². The van der Waals surface area contributed by atoms with E-state index in [0.717, 1.165) is 23.7 Å². The molecule has 0 radical (unpaired) electrons. The van der Waals surface area contributed by atoms with Crippen LogP contribution in [0.5, 0.6) is 0 Å². The molecule has 0 saturated carbocycles. The number of carbonyl (C=O) groups excluding carboxylic acids is 1. The second kappa shape index (κ2) is 9.65. The van der Waals surface area contributed by atoms with Crippen LogP contribution in [-0.4, -0.2) is 25.5 Å². The summed E-state index contributed by atoms with van der Waals surface area (Å²) in [6, 6.07) is 7.85. The molecular weight excluding hydrogens is 343 g/mol. The zero-order chi connectivity index (χ0) is 16.9. The first kappa shape index (κ1) is 21.3. The number of hydrogen-bond donors (Lipinski definition) is 2. The van der Waals surface area contributed by atoms with Crippen LogP contribution in [0.25, 0.3) is 0 Å². The number of halogens is 2. The third kappa shape index (κ3) is 5.94. The molecule has 2 atom stereocenters. The van der Waals surface area contributed by atoms with Gasteiger partial charge in [0.05, 0.1) is 0 Å². The number of amides is 1. The first-order chi connectivity index (χ1) is 10.9. The minimum Gasteiger partial charge on any atom is -0.355 e. The molecule has 5 heteroatoms. The van der Waals surface area contributed by atoms with Crippen LogP contribution in [0, 0.1) is 11.8 Å². The Morgan fingerprint density at radius 2 is 2.12 bits per heavy atom. The van der Waals surface area contributed by atoms with Gasteiger partial charge in [0.1, 0.15) is 0 Å². The summed E-state index contributed by atoms with van der Waals surface area (Å²) in [5, 5.41) is 7.29. The Morgan fingerprint density at radius 3 is 2.75 bits per heavy atom. The molecule has 1 amide bonds. The van der Waals surface area contributed by atoms with Crippen molar-refractivity contribution in [1.82, 2.24) is 10.6 Å². The van der Waals surface area contributed by atoms with E-state index in [1.54, 1.807) is 0 Å². The van der Waals surface area contributed by atoms with Crippen molar-refractivity contribution >= 4 is 29.9 Å². The van der Waals surface area contributed by atoms with E-state index in [1.165, 1.54) is 12.8 Å². The Balaban J connectivity index is 0.00000288. The Hall–Kier alpha value is -0.770. The summed E-state index contributed by atoms with van der Waals surface area (Å²) in [4.78, 5) is 12.3. The fourth-order valence-corrected chi connectivity index (χ4v) is 3.71. The van der Waals surface area contributed by atoms with Crippen molar-refractivity contribution in [2.24, 2.45) is 11.8 Å². The minimum atomic E-state index is -0.177. The lowest BCUT2D eigenvalue weighted by Gasteiger charge is -2.29. The highest BCUT2D eigenvalue weighted by molar-refractivity contribution is 6.31. The van der Waals surface area contributed by atoms with Crippen LogP contribution >= 0.6 is 24.0 Å². The van der Waals surface area contributed by atoms with Crippen molar-refractivity contribution in [3.63, 3.8) is 0 Å². The maximum Gasteiger partial charge on any atom is 0.220 e. The lowest BCUT2D eigenvalue weighted by molar-refractivity contribution is -0.122. The van der Waals surface area contributed by atoms with E-state index in [1.807, 2.05) is 24.3 Å². The summed E-state index contributed by atoms with van der Waals surface area (Å²) in [7, 11) is 0. The molecule has 1 aliphatic heterocycles. The standard InChI is InChI=1S/C19H29ClN2O.ClH/c1-14(15-7-6-10-21-12-15)11-18(23)22-13-19(2,3)16-8-4-5-9-17(16)20;/h4-5,8-9,14-15,21H,6-7,10-13H2,1-3H3,(H,22,23);1H. The summed E-state index contributed by atoms with van der Waals surface area (Å²) in [6.07, 6.45) is 3.05. The molecule has 1 aliphatic rings. The summed E-state index contributed by atoms with van der Waals surface area (Å²) in [5.41, 5.74) is 0.899. The molecular formula is C19H30Cl2N2O. The van der Waals surface area contributed by atoms with Gasteiger partial charge in [-0.05, 0) is 49.4 Å². The Kier molecular flexibility index (Phi) is 8.55. The van der Waals surface area contributed by atoms with Gasteiger partial charge in [-0.1, -0.05) is 50.6 Å². The average Bonchev–Trinajstić information content (AvgIpc) is 2.54. The van der Waals surface area contributed by atoms with Crippen molar-refractivity contribution < 1.29 is 4.79 Å². The molecule has 0 spiro atoms. The smallest absolute Gasteiger partial charge is 0.220 e. The van der Waals surface area contributed by atoms with Crippen LogP contribution in [0.1, 0.15) is 45.6 Å². The van der Waals surface area contributed by atoms with E-state index in [0.29, 0.717) is 24.8 Å². The van der Waals surface area contributed by atoms with Gasteiger partial charge < -0.3 is 10.6 Å². The van der Waals surface area contributed by atoms with Crippen molar-refractivity contribution in [1.29, 1.82) is 0 Å². The maximum atomic E-state index is 12.3. The first-order valence-corrected chi connectivity index (χ1v) is 9.00. The molecule has 1 heterocycles. The maximum absolute atomic E-state index is 12.3. The lowest BCUT2D eigenvalue weighted by atomic mass is 9.83. The topological polar surface area (TPSA) is 41.1 Å². The molecule has 2 unspecified atom stereocenters. The van der Waals surface area contributed by atoms with Crippen LogP contribution < -0.4 is 10.6 Å². The van der Waals surface area contributed by atoms with Gasteiger partial charge in [0, 0.05) is 23.4 Å². The number of carbonyl (C=O) groups is 1. The van der Waals surface area contributed by atoms with Crippen LogP contribution in [0.2, 0.25) is 5.02 Å². The molecule has 1 aromatic carbocycles. The number of nitrogens with one attached hydrogen (secondary N) is 2. The predicted octanol–water partition coefficient (Wildman–Crippen LogP) is 4.18. The van der Waals surface area contributed by atoms with Gasteiger partial charge in [0.2, 0.25) is 5.91 Å². The molecule has 2 rings (SSSR count). The van der Waals surface area contributed by atoms with Gasteiger partial charge in [0.25, 0.3) is 0 Å². The lowest BCUT2D eigenvalue weighted by Crippen LogP contribution is -2.39. The molecule has 1 fully saturated rings.